The first-order chi connectivity index (χ1) is 7.66. The summed E-state index contributed by atoms with van der Waals surface area (Å²) in [5.74, 6) is 0. The van der Waals surface area contributed by atoms with Crippen molar-refractivity contribution >= 4 is 11.6 Å². The number of pyridine rings is 1. The van der Waals surface area contributed by atoms with Gasteiger partial charge in [-0.15, -0.1) is 0 Å². The highest BCUT2D eigenvalue weighted by atomic mass is 35.5. The third kappa shape index (κ3) is 2.74. The van der Waals surface area contributed by atoms with E-state index in [9.17, 15) is 0 Å². The average Bonchev–Trinajstić information content (AvgIpc) is 2.25. The van der Waals surface area contributed by atoms with E-state index >= 15 is 0 Å². The molecule has 1 saturated heterocycles. The van der Waals surface area contributed by atoms with E-state index in [0.717, 1.165) is 12.2 Å². The normalized spacial score (nSPS) is 22.3. The molecule has 0 bridgehead atoms. The number of piperidine rings is 1. The van der Waals surface area contributed by atoms with Crippen molar-refractivity contribution in [3.8, 4) is 0 Å². The summed E-state index contributed by atoms with van der Waals surface area (Å²) in [7, 11) is 0. The van der Waals surface area contributed by atoms with Crippen molar-refractivity contribution in [3.05, 3.63) is 28.5 Å². The van der Waals surface area contributed by atoms with Gasteiger partial charge in [-0.1, -0.05) is 24.1 Å². The molecule has 0 aliphatic carbocycles. The summed E-state index contributed by atoms with van der Waals surface area (Å²) in [5.41, 5.74) is 2.36. The minimum atomic E-state index is 0.591. The summed E-state index contributed by atoms with van der Waals surface area (Å²) in [6, 6.07) is 4.69. The molecular formula is C13H19ClN2. The van der Waals surface area contributed by atoms with Gasteiger partial charge in [-0.25, -0.2) is 4.98 Å². The molecule has 1 atom stereocenters. The van der Waals surface area contributed by atoms with Crippen LogP contribution in [0.25, 0.3) is 0 Å². The van der Waals surface area contributed by atoms with E-state index in [2.05, 4.69) is 22.9 Å². The minimum absolute atomic E-state index is 0.591. The van der Waals surface area contributed by atoms with Crippen LogP contribution in [0.4, 0.5) is 0 Å². The third-order valence-corrected chi connectivity index (χ3v) is 3.69. The van der Waals surface area contributed by atoms with Gasteiger partial charge in [-0.3, -0.25) is 4.90 Å². The van der Waals surface area contributed by atoms with Crippen molar-refractivity contribution in [2.24, 2.45) is 0 Å². The number of likely N-dealkylation sites (tertiary alicyclic amines) is 1. The highest BCUT2D eigenvalue weighted by molar-refractivity contribution is 6.29. The molecule has 1 fully saturated rings. The highest BCUT2D eigenvalue weighted by Crippen LogP contribution is 2.20. The fourth-order valence-electron chi connectivity index (χ4n) is 2.34. The lowest BCUT2D eigenvalue weighted by atomic mass is 10.0. The monoisotopic (exact) mass is 238 g/mol. The van der Waals surface area contributed by atoms with Gasteiger partial charge in [-0.05, 0) is 44.9 Å². The molecule has 16 heavy (non-hydrogen) atoms. The Morgan fingerprint density at radius 1 is 1.44 bits per heavy atom. The maximum Gasteiger partial charge on any atom is 0.129 e. The summed E-state index contributed by atoms with van der Waals surface area (Å²) in [4.78, 5) is 6.85. The number of rotatable bonds is 2. The van der Waals surface area contributed by atoms with Gasteiger partial charge >= 0.3 is 0 Å². The summed E-state index contributed by atoms with van der Waals surface area (Å²) in [6.07, 6.45) is 4.01. The zero-order valence-electron chi connectivity index (χ0n) is 10.0. The lowest BCUT2D eigenvalue weighted by molar-refractivity contribution is 0.152. The molecule has 3 heteroatoms. The molecule has 0 saturated carbocycles. The summed E-state index contributed by atoms with van der Waals surface area (Å²) in [6.45, 7) is 6.58. The van der Waals surface area contributed by atoms with Crippen molar-refractivity contribution in [2.75, 3.05) is 6.54 Å². The van der Waals surface area contributed by atoms with Crippen LogP contribution < -0.4 is 0 Å². The Bertz CT molecular complexity index is 365. The standard InChI is InChI=1S/C13H19ClN2/c1-10-5-3-4-8-16(10)9-12-6-7-13(14)15-11(12)2/h6-7,10H,3-5,8-9H2,1-2H3. The smallest absolute Gasteiger partial charge is 0.129 e. The van der Waals surface area contributed by atoms with Crippen LogP contribution in [-0.4, -0.2) is 22.5 Å². The number of hydrogen-bond acceptors (Lipinski definition) is 2. The van der Waals surface area contributed by atoms with Crippen LogP contribution in [0.1, 0.15) is 37.4 Å². The Balaban J connectivity index is 2.07. The summed E-state index contributed by atoms with van der Waals surface area (Å²) < 4.78 is 0. The van der Waals surface area contributed by atoms with E-state index in [-0.39, 0.29) is 0 Å². The van der Waals surface area contributed by atoms with Gasteiger partial charge in [0.2, 0.25) is 0 Å². The molecule has 88 valence electrons. The van der Waals surface area contributed by atoms with Crippen LogP contribution in [0.15, 0.2) is 12.1 Å². The van der Waals surface area contributed by atoms with E-state index < -0.39 is 0 Å². The molecule has 2 nitrogen and oxygen atoms in total. The van der Waals surface area contributed by atoms with Gasteiger partial charge in [0.1, 0.15) is 5.15 Å². The van der Waals surface area contributed by atoms with Crippen molar-refractivity contribution in [2.45, 2.75) is 45.7 Å². The molecule has 0 aromatic carbocycles. The average molecular weight is 239 g/mol. The highest BCUT2D eigenvalue weighted by Gasteiger charge is 2.18. The van der Waals surface area contributed by atoms with E-state index in [1.165, 1.54) is 31.4 Å². The molecule has 1 aromatic heterocycles. The van der Waals surface area contributed by atoms with Crippen LogP contribution in [0.3, 0.4) is 0 Å². The minimum Gasteiger partial charge on any atom is -0.296 e. The maximum atomic E-state index is 5.86. The summed E-state index contributed by atoms with van der Waals surface area (Å²) in [5, 5.41) is 0.591. The predicted molar refractivity (Wildman–Crippen MR) is 67.7 cm³/mol. The van der Waals surface area contributed by atoms with Gasteiger partial charge in [-0.2, -0.15) is 0 Å². The number of halogens is 1. The molecule has 2 rings (SSSR count). The number of aromatic nitrogens is 1. The van der Waals surface area contributed by atoms with E-state index in [1.807, 2.05) is 13.0 Å². The van der Waals surface area contributed by atoms with Crippen LogP contribution in [0.2, 0.25) is 5.15 Å². The molecule has 0 N–H and O–H groups in total. The van der Waals surface area contributed by atoms with Crippen molar-refractivity contribution in [3.63, 3.8) is 0 Å². The lowest BCUT2D eigenvalue weighted by Gasteiger charge is -2.33. The van der Waals surface area contributed by atoms with Crippen LogP contribution in [-0.2, 0) is 6.54 Å². The van der Waals surface area contributed by atoms with Gasteiger partial charge in [0.15, 0.2) is 0 Å². The Hall–Kier alpha value is -0.600. The van der Waals surface area contributed by atoms with E-state index in [0.29, 0.717) is 11.2 Å². The Kier molecular flexibility index (Phi) is 3.82. The number of aryl methyl sites for hydroxylation is 1. The van der Waals surface area contributed by atoms with Crippen molar-refractivity contribution in [1.29, 1.82) is 0 Å². The molecule has 0 radical (unpaired) electrons. The number of hydrogen-bond donors (Lipinski definition) is 0. The Labute approximate surface area is 103 Å². The van der Waals surface area contributed by atoms with Crippen LogP contribution in [0.5, 0.6) is 0 Å². The SMILES string of the molecule is Cc1nc(Cl)ccc1CN1CCCCC1C. The zero-order valence-corrected chi connectivity index (χ0v) is 10.8. The van der Waals surface area contributed by atoms with Gasteiger partial charge in [0.05, 0.1) is 0 Å². The Morgan fingerprint density at radius 2 is 2.25 bits per heavy atom. The quantitative estimate of drug-likeness (QED) is 0.734. The fraction of sp³-hybridized carbons (Fsp3) is 0.615. The molecule has 0 spiro atoms. The molecule has 0 amide bonds. The van der Waals surface area contributed by atoms with E-state index in [4.69, 9.17) is 11.6 Å². The molecule has 1 aliphatic rings. The number of nitrogens with zero attached hydrogens (tertiary/aromatic N) is 2. The third-order valence-electron chi connectivity index (χ3n) is 3.48. The second kappa shape index (κ2) is 5.15. The maximum absolute atomic E-state index is 5.86. The first kappa shape index (κ1) is 11.9. The first-order valence-corrected chi connectivity index (χ1v) is 6.40. The largest absolute Gasteiger partial charge is 0.296 e. The Morgan fingerprint density at radius 3 is 2.94 bits per heavy atom. The van der Waals surface area contributed by atoms with Crippen LogP contribution in [0, 0.1) is 6.92 Å². The first-order valence-electron chi connectivity index (χ1n) is 6.03. The second-order valence-corrected chi connectivity index (χ2v) is 5.08. The van der Waals surface area contributed by atoms with Crippen molar-refractivity contribution < 1.29 is 0 Å². The molecule has 1 aromatic rings. The molecule has 2 heterocycles. The second-order valence-electron chi connectivity index (χ2n) is 4.69. The summed E-state index contributed by atoms with van der Waals surface area (Å²) >= 11 is 5.86. The molecular weight excluding hydrogens is 220 g/mol. The van der Waals surface area contributed by atoms with Gasteiger partial charge in [0, 0.05) is 18.3 Å². The molecule has 1 unspecified atom stereocenters. The van der Waals surface area contributed by atoms with Gasteiger partial charge in [0.25, 0.3) is 0 Å². The molecule has 1 aliphatic heterocycles. The van der Waals surface area contributed by atoms with E-state index in [1.54, 1.807) is 0 Å². The topological polar surface area (TPSA) is 16.1 Å². The van der Waals surface area contributed by atoms with Gasteiger partial charge < -0.3 is 0 Å². The predicted octanol–water partition coefficient (Wildman–Crippen LogP) is 3.42. The lowest BCUT2D eigenvalue weighted by Crippen LogP contribution is -2.36. The fourth-order valence-corrected chi connectivity index (χ4v) is 2.53. The van der Waals surface area contributed by atoms with Crippen LogP contribution >= 0.6 is 11.6 Å². The zero-order chi connectivity index (χ0) is 11.5. The van der Waals surface area contributed by atoms with Crippen molar-refractivity contribution in [1.82, 2.24) is 9.88 Å².